The first-order valence-corrected chi connectivity index (χ1v) is 13.2. The molecule has 222 valence electrons. The van der Waals surface area contributed by atoms with E-state index in [1.54, 1.807) is 48.7 Å². The summed E-state index contributed by atoms with van der Waals surface area (Å²) >= 11 is 6.46. The molecule has 12 heteroatoms. The number of carbonyl (C=O) groups excluding carboxylic acids is 2. The lowest BCUT2D eigenvalue weighted by molar-refractivity contribution is -0.111. The number of halogens is 3. The lowest BCUT2D eigenvalue weighted by atomic mass is 10.1. The van der Waals surface area contributed by atoms with E-state index in [9.17, 15) is 9.59 Å². The number of carbonyl (C=O) groups is 2. The molecule has 3 aromatic carbocycles. The van der Waals surface area contributed by atoms with Crippen LogP contribution in [0.2, 0.25) is 5.02 Å². The summed E-state index contributed by atoms with van der Waals surface area (Å²) < 4.78 is 0. The zero-order valence-corrected chi connectivity index (χ0v) is 25.7. The Labute approximate surface area is 266 Å². The zero-order valence-electron chi connectivity index (χ0n) is 23.3. The van der Waals surface area contributed by atoms with Gasteiger partial charge in [0.1, 0.15) is 0 Å². The number of likely N-dealkylation sites (N-methyl/N-ethyl adjacent to an activating group) is 1. The molecule has 0 saturated carbocycles. The predicted octanol–water partition coefficient (Wildman–Crippen LogP) is 7.17. The minimum absolute atomic E-state index is 0. The second-order valence-corrected chi connectivity index (χ2v) is 9.94. The van der Waals surface area contributed by atoms with Gasteiger partial charge in [-0.1, -0.05) is 41.9 Å². The van der Waals surface area contributed by atoms with Gasteiger partial charge in [0.25, 0.3) is 5.91 Å². The lowest BCUT2D eigenvalue weighted by Crippen LogP contribution is -2.13. The highest BCUT2D eigenvalue weighted by Gasteiger charge is 2.13. The van der Waals surface area contributed by atoms with Crippen molar-refractivity contribution in [3.63, 3.8) is 0 Å². The minimum atomic E-state index is -0.282. The second-order valence-electron chi connectivity index (χ2n) is 9.53. The molecule has 0 spiro atoms. The van der Waals surface area contributed by atoms with Gasteiger partial charge in [0.2, 0.25) is 11.9 Å². The Kier molecular flexibility index (Phi) is 11.7. The van der Waals surface area contributed by atoms with Crippen molar-refractivity contribution in [3.8, 4) is 11.3 Å². The Bertz CT molecular complexity index is 1740. The maximum absolute atomic E-state index is 12.9. The highest BCUT2D eigenvalue weighted by Crippen LogP contribution is 2.32. The van der Waals surface area contributed by atoms with Gasteiger partial charge >= 0.3 is 0 Å². The van der Waals surface area contributed by atoms with Crippen molar-refractivity contribution >= 4 is 82.1 Å². The van der Waals surface area contributed by atoms with Crippen LogP contribution in [0, 0.1) is 0 Å². The normalized spacial score (nSPS) is 10.7. The van der Waals surface area contributed by atoms with Crippen LogP contribution in [-0.2, 0) is 4.79 Å². The largest absolute Gasteiger partial charge is 0.360 e. The maximum Gasteiger partial charge on any atom is 0.255 e. The zero-order chi connectivity index (χ0) is 28.8. The summed E-state index contributed by atoms with van der Waals surface area (Å²) in [6.07, 6.45) is 6.70. The fourth-order valence-electron chi connectivity index (χ4n) is 4.15. The number of aromatic amines is 1. The minimum Gasteiger partial charge on any atom is -0.360 e. The summed E-state index contributed by atoms with van der Waals surface area (Å²) in [5, 5.41) is 10.3. The molecular weight excluding hydrogens is 609 g/mol. The molecule has 0 saturated heterocycles. The number of anilines is 4. The van der Waals surface area contributed by atoms with Crippen LogP contribution in [0.25, 0.3) is 22.2 Å². The van der Waals surface area contributed by atoms with Crippen LogP contribution in [0.5, 0.6) is 0 Å². The SMILES string of the molecule is CN(C)C/C=C/C(=O)Nc1ccc(C(=O)Nc2cccc(Nc3ncc(Cl)c(-c4c[nH]c5ccccc45)n3)c2)cc1.Cl.Cl. The van der Waals surface area contributed by atoms with E-state index in [2.05, 4.69) is 30.9 Å². The van der Waals surface area contributed by atoms with Crippen molar-refractivity contribution in [1.82, 2.24) is 19.9 Å². The number of amides is 2. The summed E-state index contributed by atoms with van der Waals surface area (Å²) in [5.74, 6) is -0.144. The molecule has 2 amide bonds. The Morgan fingerprint density at radius 2 is 1.67 bits per heavy atom. The Morgan fingerprint density at radius 3 is 2.44 bits per heavy atom. The molecule has 0 unspecified atom stereocenters. The molecule has 0 atom stereocenters. The van der Waals surface area contributed by atoms with Crippen molar-refractivity contribution in [1.29, 1.82) is 0 Å². The van der Waals surface area contributed by atoms with Crippen LogP contribution in [0.1, 0.15) is 10.4 Å². The van der Waals surface area contributed by atoms with Crippen molar-refractivity contribution in [2.45, 2.75) is 0 Å². The number of nitrogens with zero attached hydrogens (tertiary/aromatic N) is 3. The highest BCUT2D eigenvalue weighted by atomic mass is 35.5. The van der Waals surface area contributed by atoms with E-state index in [4.69, 9.17) is 11.6 Å². The molecule has 0 fully saturated rings. The fraction of sp³-hybridized carbons (Fsp3) is 0.0968. The van der Waals surface area contributed by atoms with Gasteiger partial charge in [-0.25, -0.2) is 9.97 Å². The van der Waals surface area contributed by atoms with Crippen molar-refractivity contribution in [2.75, 3.05) is 36.6 Å². The van der Waals surface area contributed by atoms with E-state index in [0.717, 1.165) is 16.5 Å². The van der Waals surface area contributed by atoms with Crippen molar-refractivity contribution in [3.05, 3.63) is 108 Å². The molecule has 0 radical (unpaired) electrons. The van der Waals surface area contributed by atoms with E-state index < -0.39 is 0 Å². The molecule has 43 heavy (non-hydrogen) atoms. The van der Waals surface area contributed by atoms with Gasteiger partial charge in [0.15, 0.2) is 0 Å². The predicted molar refractivity (Wildman–Crippen MR) is 179 cm³/mol. The number of fused-ring (bicyclic) bond motifs is 1. The van der Waals surface area contributed by atoms with Gasteiger partial charge in [0.05, 0.1) is 16.9 Å². The number of H-pyrrole nitrogens is 1. The Morgan fingerprint density at radius 1 is 0.930 bits per heavy atom. The molecule has 2 heterocycles. The average molecular weight is 639 g/mol. The summed E-state index contributed by atoms with van der Waals surface area (Å²) in [6.45, 7) is 0.669. The number of aromatic nitrogens is 3. The van der Waals surface area contributed by atoms with Crippen LogP contribution < -0.4 is 16.0 Å². The van der Waals surface area contributed by atoms with Gasteiger partial charge in [-0.2, -0.15) is 0 Å². The number of benzene rings is 3. The van der Waals surface area contributed by atoms with Crippen LogP contribution >= 0.6 is 36.4 Å². The van der Waals surface area contributed by atoms with Crippen molar-refractivity contribution in [2.24, 2.45) is 0 Å². The molecule has 2 aromatic heterocycles. The van der Waals surface area contributed by atoms with Crippen LogP contribution in [0.4, 0.5) is 23.0 Å². The maximum atomic E-state index is 12.9. The third-order valence-electron chi connectivity index (χ3n) is 6.12. The molecule has 5 rings (SSSR count). The second kappa shape index (κ2) is 15.2. The van der Waals surface area contributed by atoms with Crippen LogP contribution in [0.15, 0.2) is 97.3 Å². The van der Waals surface area contributed by atoms with Gasteiger partial charge in [-0.15, -0.1) is 24.8 Å². The molecule has 0 aliphatic carbocycles. The Balaban J connectivity index is 0.00000253. The van der Waals surface area contributed by atoms with Gasteiger partial charge in [0, 0.05) is 57.9 Å². The summed E-state index contributed by atoms with van der Waals surface area (Å²) in [5.41, 5.74) is 4.81. The average Bonchev–Trinajstić information content (AvgIpc) is 3.38. The topological polar surface area (TPSA) is 115 Å². The third kappa shape index (κ3) is 8.56. The summed E-state index contributed by atoms with van der Waals surface area (Å²) in [6, 6.07) is 21.9. The smallest absolute Gasteiger partial charge is 0.255 e. The molecule has 4 N–H and O–H groups in total. The molecular formula is C31H30Cl3N7O2. The Hall–Kier alpha value is -4.41. The van der Waals surface area contributed by atoms with Crippen molar-refractivity contribution < 1.29 is 9.59 Å². The van der Waals surface area contributed by atoms with Gasteiger partial charge < -0.3 is 25.8 Å². The number of rotatable bonds is 9. The first kappa shape index (κ1) is 33.1. The molecule has 0 aliphatic heterocycles. The summed E-state index contributed by atoms with van der Waals surface area (Å²) in [4.78, 5) is 39.1. The number of hydrogen-bond donors (Lipinski definition) is 4. The van der Waals surface area contributed by atoms with Gasteiger partial charge in [-0.05, 0) is 62.6 Å². The van der Waals surface area contributed by atoms with Gasteiger partial charge in [-0.3, -0.25) is 9.59 Å². The monoisotopic (exact) mass is 637 g/mol. The van der Waals surface area contributed by atoms with E-state index in [0.29, 0.717) is 45.8 Å². The first-order valence-electron chi connectivity index (χ1n) is 12.9. The van der Waals surface area contributed by atoms with E-state index in [1.807, 2.05) is 61.6 Å². The number of hydrogen-bond acceptors (Lipinski definition) is 6. The number of para-hydroxylation sites is 1. The first-order chi connectivity index (χ1) is 19.9. The fourth-order valence-corrected chi connectivity index (χ4v) is 4.34. The molecule has 0 bridgehead atoms. The van der Waals surface area contributed by atoms with Crippen LogP contribution in [0.3, 0.4) is 0 Å². The van der Waals surface area contributed by atoms with E-state index >= 15 is 0 Å². The molecule has 5 aromatic rings. The molecule has 0 aliphatic rings. The number of nitrogens with one attached hydrogen (secondary N) is 4. The lowest BCUT2D eigenvalue weighted by Gasteiger charge is -2.10. The standard InChI is InChI=1S/C31H28ClN7O2.2ClH/c1-39(2)16-6-11-28(40)35-21-14-12-20(13-15-21)30(41)36-22-7-5-8-23(17-22)37-31-34-19-26(32)29(38-31)25-18-33-27-10-4-3-9-24(25)27;;/h3-15,17-19,33H,16H2,1-2H3,(H,35,40)(H,36,41)(H,34,37,38);2*1H/b11-6+;;. The molecule has 9 nitrogen and oxygen atoms in total. The van der Waals surface area contributed by atoms with E-state index in [-0.39, 0.29) is 36.6 Å². The van der Waals surface area contributed by atoms with E-state index in [1.165, 1.54) is 6.08 Å². The quantitative estimate of drug-likeness (QED) is 0.127. The summed E-state index contributed by atoms with van der Waals surface area (Å²) in [7, 11) is 3.85. The van der Waals surface area contributed by atoms with Crippen LogP contribution in [-0.4, -0.2) is 52.3 Å². The highest BCUT2D eigenvalue weighted by molar-refractivity contribution is 6.33. The third-order valence-corrected chi connectivity index (χ3v) is 6.40.